The third-order valence-electron chi connectivity index (χ3n) is 2.08. The summed E-state index contributed by atoms with van der Waals surface area (Å²) in [7, 11) is -2.24. The molecule has 0 fully saturated rings. The molecule has 0 saturated heterocycles. The average Bonchev–Trinajstić information content (AvgIpc) is 2.27. The van der Waals surface area contributed by atoms with E-state index in [0.29, 0.717) is 16.8 Å². The van der Waals surface area contributed by atoms with Crippen LogP contribution in [-0.4, -0.2) is 28.0 Å². The van der Waals surface area contributed by atoms with E-state index in [9.17, 15) is 13.2 Å². The van der Waals surface area contributed by atoms with Crippen molar-refractivity contribution in [1.29, 1.82) is 0 Å². The first-order chi connectivity index (χ1) is 8.34. The van der Waals surface area contributed by atoms with Gasteiger partial charge in [-0.3, -0.25) is 4.79 Å². The summed E-state index contributed by atoms with van der Waals surface area (Å²) in [5.74, 6) is -0.221. The van der Waals surface area contributed by atoms with Gasteiger partial charge < -0.3 is 10.1 Å². The van der Waals surface area contributed by atoms with Gasteiger partial charge >= 0.3 is 0 Å². The first-order valence-electron chi connectivity index (χ1n) is 4.95. The van der Waals surface area contributed by atoms with Crippen LogP contribution in [0.25, 0.3) is 0 Å². The summed E-state index contributed by atoms with van der Waals surface area (Å²) in [4.78, 5) is 11.4. The van der Waals surface area contributed by atoms with Crippen LogP contribution in [-0.2, 0) is 19.6 Å². The number of methoxy groups -OCH3 is 1. The Bertz CT molecular complexity index is 545. The number of rotatable bonds is 5. The molecule has 1 rings (SSSR count). The summed E-state index contributed by atoms with van der Waals surface area (Å²) in [5.41, 5.74) is 0.475. The van der Waals surface area contributed by atoms with Gasteiger partial charge in [0.25, 0.3) is 0 Å². The van der Waals surface area contributed by atoms with Gasteiger partial charge in [-0.15, -0.1) is 0 Å². The Morgan fingerprint density at radius 2 is 2.17 bits per heavy atom. The van der Waals surface area contributed by atoms with Gasteiger partial charge in [0.1, 0.15) is 0 Å². The lowest BCUT2D eigenvalue weighted by atomic mass is 10.3. The molecule has 0 aliphatic heterocycles. The maximum Gasteiger partial charge on any atom is 0.238 e. The Morgan fingerprint density at radius 1 is 1.50 bits per heavy atom. The van der Waals surface area contributed by atoms with Crippen molar-refractivity contribution in [3.63, 3.8) is 0 Å². The fourth-order valence-corrected chi connectivity index (χ4v) is 2.35. The van der Waals surface area contributed by atoms with E-state index in [1.54, 1.807) is 0 Å². The van der Waals surface area contributed by atoms with Crippen molar-refractivity contribution in [2.24, 2.45) is 5.14 Å². The Kier molecular flexibility index (Phi) is 5.27. The molecule has 0 radical (unpaired) electrons. The molecule has 100 valence electrons. The molecule has 1 aromatic carbocycles. The highest BCUT2D eigenvalue weighted by molar-refractivity contribution is 9.10. The van der Waals surface area contributed by atoms with E-state index in [4.69, 9.17) is 9.88 Å². The van der Waals surface area contributed by atoms with Crippen molar-refractivity contribution < 1.29 is 17.9 Å². The number of hydrogen-bond acceptors (Lipinski definition) is 4. The molecule has 8 heteroatoms. The fourth-order valence-electron chi connectivity index (χ4n) is 1.18. The van der Waals surface area contributed by atoms with E-state index in [2.05, 4.69) is 21.2 Å². The van der Waals surface area contributed by atoms with Crippen LogP contribution in [0.1, 0.15) is 6.42 Å². The molecule has 18 heavy (non-hydrogen) atoms. The summed E-state index contributed by atoms with van der Waals surface area (Å²) in [5, 5.41) is 7.61. The van der Waals surface area contributed by atoms with E-state index in [1.165, 1.54) is 25.3 Å². The largest absolute Gasteiger partial charge is 0.384 e. The molecule has 6 nitrogen and oxygen atoms in total. The Hall–Kier alpha value is -0.960. The third-order valence-corrected chi connectivity index (χ3v) is 3.64. The highest BCUT2D eigenvalue weighted by atomic mass is 79.9. The zero-order valence-corrected chi connectivity index (χ0v) is 12.0. The van der Waals surface area contributed by atoms with Crippen molar-refractivity contribution in [2.75, 3.05) is 19.0 Å². The monoisotopic (exact) mass is 336 g/mol. The predicted octanol–water partition coefficient (Wildman–Crippen LogP) is 1.07. The van der Waals surface area contributed by atoms with Crippen LogP contribution in [0.3, 0.4) is 0 Å². The number of carbonyl (C=O) groups excluding carboxylic acids is 1. The van der Waals surface area contributed by atoms with Crippen LogP contribution in [0.15, 0.2) is 27.6 Å². The molecule has 0 aliphatic rings. The molecule has 0 unspecified atom stereocenters. The standard InChI is InChI=1S/C10H13BrN2O4S/c1-17-5-4-10(14)13-9-3-2-7(6-8(9)11)18(12,15)16/h2-3,6H,4-5H2,1H3,(H,13,14)(H2,12,15,16). The molecule has 0 aliphatic carbocycles. The molecule has 3 N–H and O–H groups in total. The van der Waals surface area contributed by atoms with Crippen LogP contribution < -0.4 is 10.5 Å². The van der Waals surface area contributed by atoms with Gasteiger partial charge in [0.05, 0.1) is 23.6 Å². The second kappa shape index (κ2) is 6.28. The first kappa shape index (κ1) is 15.1. The number of amides is 1. The highest BCUT2D eigenvalue weighted by Crippen LogP contribution is 2.25. The number of benzene rings is 1. The minimum atomic E-state index is -3.75. The van der Waals surface area contributed by atoms with E-state index in [-0.39, 0.29) is 17.2 Å². The topological polar surface area (TPSA) is 98.5 Å². The van der Waals surface area contributed by atoms with Crippen LogP contribution in [0.4, 0.5) is 5.69 Å². The van der Waals surface area contributed by atoms with Crippen molar-refractivity contribution >= 4 is 37.5 Å². The minimum absolute atomic E-state index is 0.0238. The number of hydrogen-bond donors (Lipinski definition) is 2. The number of sulfonamides is 1. The van der Waals surface area contributed by atoms with Gasteiger partial charge in [-0.05, 0) is 34.1 Å². The van der Waals surface area contributed by atoms with Crippen LogP contribution in [0.2, 0.25) is 0 Å². The maximum absolute atomic E-state index is 11.5. The Balaban J connectivity index is 2.84. The summed E-state index contributed by atoms with van der Waals surface area (Å²) in [6, 6.07) is 4.13. The average molecular weight is 337 g/mol. The lowest BCUT2D eigenvalue weighted by Crippen LogP contribution is -2.15. The summed E-state index contributed by atoms with van der Waals surface area (Å²) < 4.78 is 27.4. The first-order valence-corrected chi connectivity index (χ1v) is 7.29. The van der Waals surface area contributed by atoms with Crippen molar-refractivity contribution in [3.05, 3.63) is 22.7 Å². The molecule has 1 amide bonds. The number of primary sulfonamides is 1. The van der Waals surface area contributed by atoms with Gasteiger partial charge in [0.2, 0.25) is 15.9 Å². The maximum atomic E-state index is 11.5. The highest BCUT2D eigenvalue weighted by Gasteiger charge is 2.11. The number of ether oxygens (including phenoxy) is 1. The van der Waals surface area contributed by atoms with Gasteiger partial charge in [0, 0.05) is 11.6 Å². The lowest BCUT2D eigenvalue weighted by molar-refractivity contribution is -0.117. The van der Waals surface area contributed by atoms with Crippen LogP contribution in [0.5, 0.6) is 0 Å². The molecule has 0 atom stereocenters. The molecular weight excluding hydrogens is 324 g/mol. The normalized spacial score (nSPS) is 11.3. The second-order valence-electron chi connectivity index (χ2n) is 3.48. The van der Waals surface area contributed by atoms with E-state index in [0.717, 1.165) is 0 Å². The number of anilines is 1. The van der Waals surface area contributed by atoms with Gasteiger partial charge in [0.15, 0.2) is 0 Å². The molecular formula is C10H13BrN2O4S. The summed E-state index contributed by atoms with van der Waals surface area (Å²) in [6.45, 7) is 0.318. The smallest absolute Gasteiger partial charge is 0.238 e. The third kappa shape index (κ3) is 4.37. The molecule has 0 saturated carbocycles. The quantitative estimate of drug-likeness (QED) is 0.840. The number of nitrogens with two attached hydrogens (primary N) is 1. The number of carbonyl (C=O) groups is 1. The fraction of sp³-hybridized carbons (Fsp3) is 0.300. The van der Waals surface area contributed by atoms with Gasteiger partial charge in [-0.2, -0.15) is 0 Å². The zero-order chi connectivity index (χ0) is 13.8. The molecule has 0 aromatic heterocycles. The zero-order valence-electron chi connectivity index (χ0n) is 9.64. The minimum Gasteiger partial charge on any atom is -0.384 e. The lowest BCUT2D eigenvalue weighted by Gasteiger charge is -2.08. The van der Waals surface area contributed by atoms with Crippen molar-refractivity contribution in [1.82, 2.24) is 0 Å². The van der Waals surface area contributed by atoms with Gasteiger partial charge in [-0.25, -0.2) is 13.6 Å². The van der Waals surface area contributed by atoms with Crippen molar-refractivity contribution in [2.45, 2.75) is 11.3 Å². The second-order valence-corrected chi connectivity index (χ2v) is 5.89. The van der Waals surface area contributed by atoms with E-state index < -0.39 is 10.0 Å². The van der Waals surface area contributed by atoms with Crippen LogP contribution >= 0.6 is 15.9 Å². The molecule has 0 spiro atoms. The van der Waals surface area contributed by atoms with Crippen LogP contribution in [0, 0.1) is 0 Å². The van der Waals surface area contributed by atoms with E-state index in [1.807, 2.05) is 0 Å². The number of nitrogens with one attached hydrogen (secondary N) is 1. The van der Waals surface area contributed by atoms with E-state index >= 15 is 0 Å². The summed E-state index contributed by atoms with van der Waals surface area (Å²) in [6.07, 6.45) is 0.222. The summed E-state index contributed by atoms with van der Waals surface area (Å²) >= 11 is 3.17. The molecule has 0 heterocycles. The van der Waals surface area contributed by atoms with Crippen molar-refractivity contribution in [3.8, 4) is 0 Å². The Morgan fingerprint density at radius 3 is 2.67 bits per heavy atom. The predicted molar refractivity (Wildman–Crippen MR) is 70.6 cm³/mol. The Labute approximate surface area is 114 Å². The van der Waals surface area contributed by atoms with Gasteiger partial charge in [-0.1, -0.05) is 0 Å². The molecule has 0 bridgehead atoms. The molecule has 1 aromatic rings. The number of halogens is 1. The SMILES string of the molecule is COCCC(=O)Nc1ccc(S(N)(=O)=O)cc1Br.